The number of fused-ring (bicyclic) bond motifs is 1. The summed E-state index contributed by atoms with van der Waals surface area (Å²) in [6.07, 6.45) is 0. The lowest BCUT2D eigenvalue weighted by Gasteiger charge is -2.06. The summed E-state index contributed by atoms with van der Waals surface area (Å²) in [5.41, 5.74) is 2.29. The minimum atomic E-state index is 0.314. The van der Waals surface area contributed by atoms with Gasteiger partial charge in [-0.2, -0.15) is 9.61 Å². The van der Waals surface area contributed by atoms with Crippen molar-refractivity contribution in [2.45, 2.75) is 27.1 Å². The van der Waals surface area contributed by atoms with Gasteiger partial charge in [-0.05, 0) is 37.6 Å². The largest absolute Gasteiger partial charge is 0.486 e. The second kappa shape index (κ2) is 7.13. The number of rotatable bonds is 6. The van der Waals surface area contributed by atoms with E-state index in [-0.39, 0.29) is 0 Å². The summed E-state index contributed by atoms with van der Waals surface area (Å²) in [5.74, 6) is 2.33. The van der Waals surface area contributed by atoms with Crippen molar-refractivity contribution in [3.05, 3.63) is 70.5 Å². The zero-order valence-electron chi connectivity index (χ0n) is 14.5. The number of hydrogen-bond acceptors (Lipinski definition) is 6. The van der Waals surface area contributed by atoms with Gasteiger partial charge in [0.2, 0.25) is 4.96 Å². The van der Waals surface area contributed by atoms with Crippen molar-refractivity contribution in [3.63, 3.8) is 0 Å². The fourth-order valence-corrected chi connectivity index (χ4v) is 3.25. The predicted molar refractivity (Wildman–Crippen MR) is 99.7 cm³/mol. The highest BCUT2D eigenvalue weighted by Gasteiger charge is 2.13. The zero-order valence-corrected chi connectivity index (χ0v) is 15.4. The summed E-state index contributed by atoms with van der Waals surface area (Å²) in [6.45, 7) is 4.77. The van der Waals surface area contributed by atoms with Crippen LogP contribution >= 0.6 is 11.3 Å². The van der Waals surface area contributed by atoms with Gasteiger partial charge in [-0.25, -0.2) is 0 Å². The van der Waals surface area contributed by atoms with Crippen LogP contribution in [0.25, 0.3) is 4.96 Å². The molecule has 0 fully saturated rings. The molecular weight excluding hydrogens is 348 g/mol. The smallest absolute Gasteiger partial charge is 0.234 e. The summed E-state index contributed by atoms with van der Waals surface area (Å²) >= 11 is 1.46. The Labute approximate surface area is 155 Å². The Morgan fingerprint density at radius 3 is 2.54 bits per heavy atom. The fraction of sp³-hybridized carbons (Fsp3) is 0.211. The number of aromatic nitrogens is 4. The highest BCUT2D eigenvalue weighted by atomic mass is 32.1. The first-order valence-corrected chi connectivity index (χ1v) is 9.08. The summed E-state index contributed by atoms with van der Waals surface area (Å²) in [5, 5.41) is 13.7. The first-order chi connectivity index (χ1) is 12.7. The van der Waals surface area contributed by atoms with E-state index in [0.717, 1.165) is 27.0 Å². The van der Waals surface area contributed by atoms with Gasteiger partial charge in [0.25, 0.3) is 0 Å². The van der Waals surface area contributed by atoms with E-state index in [4.69, 9.17) is 9.47 Å². The average Bonchev–Trinajstić information content (AvgIpc) is 3.21. The Morgan fingerprint density at radius 2 is 1.73 bits per heavy atom. The third kappa shape index (κ3) is 3.52. The summed E-state index contributed by atoms with van der Waals surface area (Å²) in [6, 6.07) is 15.8. The van der Waals surface area contributed by atoms with Crippen LogP contribution in [0.2, 0.25) is 0 Å². The molecule has 26 heavy (non-hydrogen) atoms. The van der Waals surface area contributed by atoms with Gasteiger partial charge in [0.05, 0.1) is 0 Å². The molecule has 7 heteroatoms. The molecule has 0 N–H and O–H groups in total. The average molecular weight is 366 g/mol. The summed E-state index contributed by atoms with van der Waals surface area (Å²) < 4.78 is 13.4. The summed E-state index contributed by atoms with van der Waals surface area (Å²) in [7, 11) is 0. The highest BCUT2D eigenvalue weighted by molar-refractivity contribution is 7.16. The van der Waals surface area contributed by atoms with Gasteiger partial charge in [0.1, 0.15) is 24.7 Å². The molecule has 2 aromatic carbocycles. The van der Waals surface area contributed by atoms with Crippen LogP contribution in [0.1, 0.15) is 22.0 Å². The Morgan fingerprint density at radius 1 is 0.923 bits per heavy atom. The van der Waals surface area contributed by atoms with E-state index in [9.17, 15) is 0 Å². The van der Waals surface area contributed by atoms with Crippen LogP contribution < -0.4 is 9.47 Å². The van der Waals surface area contributed by atoms with Crippen LogP contribution in [0.5, 0.6) is 11.5 Å². The molecule has 0 aliphatic rings. The van der Waals surface area contributed by atoms with E-state index in [1.54, 1.807) is 4.52 Å². The van der Waals surface area contributed by atoms with Gasteiger partial charge < -0.3 is 9.47 Å². The molecule has 0 saturated heterocycles. The van der Waals surface area contributed by atoms with Crippen LogP contribution in [-0.4, -0.2) is 19.8 Å². The van der Waals surface area contributed by atoms with Crippen LogP contribution in [0.3, 0.4) is 0 Å². The molecule has 4 rings (SSSR count). The molecular formula is C19H18N4O2S. The van der Waals surface area contributed by atoms with Crippen molar-refractivity contribution in [2.75, 3.05) is 0 Å². The van der Waals surface area contributed by atoms with Gasteiger partial charge in [-0.3, -0.25) is 0 Å². The summed E-state index contributed by atoms with van der Waals surface area (Å²) in [4.78, 5) is 0.732. The molecule has 0 bridgehead atoms. The standard InChI is InChI=1S/C19H18N4O2S/c1-13-7-9-15(10-8-13)24-12-18-22-23-17(20-21-19(23)26-18)11-25-16-6-4-3-5-14(16)2/h3-10H,11-12H2,1-2H3. The topological polar surface area (TPSA) is 61.5 Å². The van der Waals surface area contributed by atoms with Gasteiger partial charge in [0, 0.05) is 0 Å². The second-order valence-corrected chi connectivity index (χ2v) is 7.00. The van der Waals surface area contributed by atoms with E-state index in [1.807, 2.05) is 62.4 Å². The molecule has 4 aromatic rings. The Bertz CT molecular complexity index is 1020. The lowest BCUT2D eigenvalue weighted by Crippen LogP contribution is -2.04. The van der Waals surface area contributed by atoms with Crippen molar-refractivity contribution in [3.8, 4) is 11.5 Å². The minimum absolute atomic E-state index is 0.314. The molecule has 0 unspecified atom stereocenters. The zero-order chi connectivity index (χ0) is 17.9. The van der Waals surface area contributed by atoms with E-state index < -0.39 is 0 Å². The quantitative estimate of drug-likeness (QED) is 0.517. The number of nitrogens with zero attached hydrogens (tertiary/aromatic N) is 4. The molecule has 0 saturated carbocycles. The minimum Gasteiger partial charge on any atom is -0.486 e. The van der Waals surface area contributed by atoms with Gasteiger partial charge in [-0.15, -0.1) is 10.2 Å². The molecule has 2 heterocycles. The number of ether oxygens (including phenoxy) is 2. The second-order valence-electron chi connectivity index (χ2n) is 5.96. The third-order valence-corrected chi connectivity index (χ3v) is 4.80. The highest BCUT2D eigenvalue weighted by Crippen LogP contribution is 2.20. The number of aryl methyl sites for hydroxylation is 2. The fourth-order valence-electron chi connectivity index (χ4n) is 2.49. The van der Waals surface area contributed by atoms with Gasteiger partial charge >= 0.3 is 0 Å². The molecule has 132 valence electrons. The molecule has 0 radical (unpaired) electrons. The number of benzene rings is 2. The predicted octanol–water partition coefficient (Wildman–Crippen LogP) is 3.96. The Kier molecular flexibility index (Phi) is 4.53. The first-order valence-electron chi connectivity index (χ1n) is 8.27. The molecule has 2 aromatic heterocycles. The SMILES string of the molecule is Cc1ccc(OCc2nn3c(COc4ccccc4C)nnc3s2)cc1. The maximum Gasteiger partial charge on any atom is 0.234 e. The van der Waals surface area contributed by atoms with Crippen LogP contribution in [-0.2, 0) is 13.2 Å². The lowest BCUT2D eigenvalue weighted by atomic mass is 10.2. The number of para-hydroxylation sites is 1. The Balaban J connectivity index is 1.44. The van der Waals surface area contributed by atoms with E-state index in [0.29, 0.717) is 19.0 Å². The molecule has 0 aliphatic carbocycles. The van der Waals surface area contributed by atoms with Crippen molar-refractivity contribution in [1.82, 2.24) is 19.8 Å². The van der Waals surface area contributed by atoms with E-state index in [1.165, 1.54) is 16.9 Å². The first kappa shape index (κ1) is 16.5. The maximum absolute atomic E-state index is 5.85. The van der Waals surface area contributed by atoms with Gasteiger partial charge in [-0.1, -0.05) is 47.2 Å². The van der Waals surface area contributed by atoms with E-state index in [2.05, 4.69) is 15.3 Å². The molecule has 0 amide bonds. The molecule has 0 aliphatic heterocycles. The molecule has 6 nitrogen and oxygen atoms in total. The van der Waals surface area contributed by atoms with E-state index >= 15 is 0 Å². The third-order valence-electron chi connectivity index (χ3n) is 3.93. The molecule has 0 atom stereocenters. The molecule has 0 spiro atoms. The van der Waals surface area contributed by atoms with Crippen molar-refractivity contribution < 1.29 is 9.47 Å². The normalized spacial score (nSPS) is 11.0. The van der Waals surface area contributed by atoms with Crippen molar-refractivity contribution in [1.29, 1.82) is 0 Å². The maximum atomic E-state index is 5.85. The van der Waals surface area contributed by atoms with Crippen molar-refractivity contribution >= 4 is 16.3 Å². The monoisotopic (exact) mass is 366 g/mol. The number of hydrogen-bond donors (Lipinski definition) is 0. The van der Waals surface area contributed by atoms with Crippen LogP contribution in [0, 0.1) is 13.8 Å². The lowest BCUT2D eigenvalue weighted by molar-refractivity contribution is 0.288. The van der Waals surface area contributed by atoms with Gasteiger partial charge in [0.15, 0.2) is 10.8 Å². The van der Waals surface area contributed by atoms with Crippen LogP contribution in [0.15, 0.2) is 48.5 Å². The Hall–Kier alpha value is -2.93. The van der Waals surface area contributed by atoms with Crippen molar-refractivity contribution in [2.24, 2.45) is 0 Å². The van der Waals surface area contributed by atoms with Crippen LogP contribution in [0.4, 0.5) is 0 Å².